The van der Waals surface area contributed by atoms with E-state index < -0.39 is 0 Å². The van der Waals surface area contributed by atoms with Gasteiger partial charge in [-0.25, -0.2) is 4.68 Å². The number of ether oxygens (including phenoxy) is 3. The highest BCUT2D eigenvalue weighted by molar-refractivity contribution is 6.05. The maximum Gasteiger partial charge on any atom is 0.256 e. The molecule has 0 aliphatic rings. The number of nitrogens with zero attached hydrogens (tertiary/aromatic N) is 2. The quantitative estimate of drug-likeness (QED) is 0.681. The Bertz CT molecular complexity index is 1010. The third-order valence-electron chi connectivity index (χ3n) is 4.74. The lowest BCUT2D eigenvalue weighted by molar-refractivity contribution is 0.102. The van der Waals surface area contributed by atoms with Crippen LogP contribution in [0.15, 0.2) is 36.4 Å². The summed E-state index contributed by atoms with van der Waals surface area (Å²) < 4.78 is 17.8. The van der Waals surface area contributed by atoms with Crippen LogP contribution in [-0.2, 0) is 0 Å². The van der Waals surface area contributed by atoms with Crippen molar-refractivity contribution in [3.63, 3.8) is 0 Å². The second kappa shape index (κ2) is 8.26. The van der Waals surface area contributed by atoms with Gasteiger partial charge in [0, 0.05) is 5.56 Å². The topological polar surface area (TPSA) is 74.6 Å². The third kappa shape index (κ3) is 3.89. The fraction of sp³-hybridized carbons (Fsp3) is 0.273. The monoisotopic (exact) mass is 395 g/mol. The van der Waals surface area contributed by atoms with Crippen molar-refractivity contribution in [2.24, 2.45) is 0 Å². The van der Waals surface area contributed by atoms with Gasteiger partial charge in [-0.3, -0.25) is 4.79 Å². The number of amides is 1. The van der Waals surface area contributed by atoms with E-state index in [1.54, 1.807) is 12.1 Å². The van der Waals surface area contributed by atoms with E-state index in [9.17, 15) is 4.79 Å². The van der Waals surface area contributed by atoms with Crippen molar-refractivity contribution in [1.29, 1.82) is 0 Å². The Morgan fingerprint density at radius 1 is 0.931 bits per heavy atom. The molecule has 3 aromatic rings. The van der Waals surface area contributed by atoms with Gasteiger partial charge in [0.25, 0.3) is 5.91 Å². The summed E-state index contributed by atoms with van der Waals surface area (Å²) in [6.45, 7) is 5.82. The van der Waals surface area contributed by atoms with Crippen LogP contribution in [0.25, 0.3) is 5.69 Å². The summed E-state index contributed by atoms with van der Waals surface area (Å²) in [7, 11) is 4.55. The zero-order chi connectivity index (χ0) is 21.1. The average Bonchev–Trinajstić information content (AvgIpc) is 3.01. The summed E-state index contributed by atoms with van der Waals surface area (Å²) in [5, 5.41) is 7.55. The van der Waals surface area contributed by atoms with Gasteiger partial charge in [-0.2, -0.15) is 5.10 Å². The predicted octanol–water partition coefficient (Wildman–Crippen LogP) is 4.08. The molecule has 1 heterocycles. The summed E-state index contributed by atoms with van der Waals surface area (Å²) >= 11 is 0. The minimum absolute atomic E-state index is 0.293. The van der Waals surface area contributed by atoms with Gasteiger partial charge in [0.1, 0.15) is 0 Å². The van der Waals surface area contributed by atoms with E-state index in [2.05, 4.69) is 10.4 Å². The maximum atomic E-state index is 12.9. The van der Waals surface area contributed by atoms with Crippen LogP contribution in [0, 0.1) is 20.8 Å². The summed E-state index contributed by atoms with van der Waals surface area (Å²) in [4.78, 5) is 12.9. The maximum absolute atomic E-state index is 12.9. The van der Waals surface area contributed by atoms with Crippen molar-refractivity contribution in [2.75, 3.05) is 26.6 Å². The number of aryl methyl sites for hydroxylation is 2. The number of anilines is 1. The van der Waals surface area contributed by atoms with Crippen molar-refractivity contribution in [1.82, 2.24) is 9.78 Å². The molecule has 1 aromatic heterocycles. The summed E-state index contributed by atoms with van der Waals surface area (Å²) in [5.41, 5.74) is 4.73. The summed E-state index contributed by atoms with van der Waals surface area (Å²) in [6, 6.07) is 11.3. The Balaban J connectivity index is 1.95. The molecule has 0 bridgehead atoms. The summed E-state index contributed by atoms with van der Waals surface area (Å²) in [6.07, 6.45) is 0. The lowest BCUT2D eigenvalue weighted by Gasteiger charge is -2.14. The molecule has 0 unspecified atom stereocenters. The summed E-state index contributed by atoms with van der Waals surface area (Å²) in [5.74, 6) is 0.978. The second-order valence-corrected chi connectivity index (χ2v) is 6.66. The molecule has 29 heavy (non-hydrogen) atoms. The highest BCUT2D eigenvalue weighted by Gasteiger charge is 2.20. The van der Waals surface area contributed by atoms with Gasteiger partial charge in [-0.05, 0) is 45.0 Å². The van der Waals surface area contributed by atoms with E-state index in [-0.39, 0.29) is 5.91 Å². The Kier molecular flexibility index (Phi) is 5.77. The molecular formula is C22H25N3O4. The van der Waals surface area contributed by atoms with Gasteiger partial charge >= 0.3 is 0 Å². The average molecular weight is 395 g/mol. The van der Waals surface area contributed by atoms with E-state index in [4.69, 9.17) is 14.2 Å². The van der Waals surface area contributed by atoms with Crippen molar-refractivity contribution >= 4 is 11.6 Å². The van der Waals surface area contributed by atoms with Gasteiger partial charge in [-0.1, -0.05) is 17.7 Å². The third-order valence-corrected chi connectivity index (χ3v) is 4.74. The van der Waals surface area contributed by atoms with E-state index >= 15 is 0 Å². The highest BCUT2D eigenvalue weighted by Crippen LogP contribution is 2.38. The largest absolute Gasteiger partial charge is 0.493 e. The fourth-order valence-corrected chi connectivity index (χ4v) is 3.16. The van der Waals surface area contributed by atoms with E-state index in [0.29, 0.717) is 28.5 Å². The van der Waals surface area contributed by atoms with Crippen LogP contribution < -0.4 is 19.5 Å². The number of aromatic nitrogens is 2. The molecule has 3 rings (SSSR count). The molecule has 2 aromatic carbocycles. The Labute approximate surface area is 170 Å². The number of carbonyl (C=O) groups is 1. The second-order valence-electron chi connectivity index (χ2n) is 6.66. The molecule has 1 N–H and O–H groups in total. The van der Waals surface area contributed by atoms with Crippen LogP contribution >= 0.6 is 0 Å². The molecule has 0 aliphatic heterocycles. The zero-order valence-electron chi connectivity index (χ0n) is 17.5. The molecular weight excluding hydrogens is 370 g/mol. The van der Waals surface area contributed by atoms with Gasteiger partial charge in [0.15, 0.2) is 11.5 Å². The number of hydrogen-bond acceptors (Lipinski definition) is 5. The van der Waals surface area contributed by atoms with Crippen molar-refractivity contribution in [2.45, 2.75) is 20.8 Å². The van der Waals surface area contributed by atoms with E-state index in [1.807, 2.05) is 49.7 Å². The molecule has 0 fully saturated rings. The molecule has 0 aliphatic carbocycles. The molecule has 0 spiro atoms. The molecule has 0 saturated heterocycles. The molecule has 1 amide bonds. The Morgan fingerprint density at radius 2 is 1.52 bits per heavy atom. The smallest absolute Gasteiger partial charge is 0.256 e. The minimum atomic E-state index is -0.293. The molecule has 0 radical (unpaired) electrons. The highest BCUT2D eigenvalue weighted by atomic mass is 16.5. The van der Waals surface area contributed by atoms with E-state index in [1.165, 1.54) is 26.9 Å². The van der Waals surface area contributed by atoms with Crippen LogP contribution in [0.3, 0.4) is 0 Å². The first kappa shape index (κ1) is 20.3. The Morgan fingerprint density at radius 3 is 2.03 bits per heavy atom. The van der Waals surface area contributed by atoms with Crippen molar-refractivity contribution < 1.29 is 19.0 Å². The lowest BCUT2D eigenvalue weighted by atomic mass is 10.1. The predicted molar refractivity (Wildman–Crippen MR) is 112 cm³/mol. The van der Waals surface area contributed by atoms with Gasteiger partial charge in [0.2, 0.25) is 5.75 Å². The molecule has 7 nitrogen and oxygen atoms in total. The lowest BCUT2D eigenvalue weighted by Crippen LogP contribution is -2.14. The fourth-order valence-electron chi connectivity index (χ4n) is 3.16. The first-order chi connectivity index (χ1) is 13.9. The number of benzene rings is 2. The van der Waals surface area contributed by atoms with Gasteiger partial charge in [-0.15, -0.1) is 0 Å². The Hall–Kier alpha value is -3.48. The molecule has 0 atom stereocenters. The number of nitrogens with one attached hydrogen (secondary N) is 1. The van der Waals surface area contributed by atoms with Crippen LogP contribution in [0.5, 0.6) is 17.2 Å². The van der Waals surface area contributed by atoms with Gasteiger partial charge < -0.3 is 19.5 Å². The SMILES string of the molecule is COc1cc(C(=O)Nc2c(C)nn(-c3ccc(C)cc3)c2C)cc(OC)c1OC. The number of hydrogen-bond donors (Lipinski definition) is 1. The number of rotatable bonds is 6. The zero-order valence-corrected chi connectivity index (χ0v) is 17.5. The van der Waals surface area contributed by atoms with Crippen LogP contribution in [0.2, 0.25) is 0 Å². The number of carbonyl (C=O) groups excluding carboxylic acids is 1. The first-order valence-corrected chi connectivity index (χ1v) is 9.14. The minimum Gasteiger partial charge on any atom is -0.493 e. The molecule has 152 valence electrons. The van der Waals surface area contributed by atoms with Crippen molar-refractivity contribution in [3.05, 3.63) is 58.9 Å². The van der Waals surface area contributed by atoms with Crippen LogP contribution in [0.4, 0.5) is 5.69 Å². The first-order valence-electron chi connectivity index (χ1n) is 9.14. The van der Waals surface area contributed by atoms with Crippen molar-refractivity contribution in [3.8, 4) is 22.9 Å². The number of methoxy groups -OCH3 is 3. The normalized spacial score (nSPS) is 10.6. The van der Waals surface area contributed by atoms with Gasteiger partial charge in [0.05, 0.1) is 44.1 Å². The van der Waals surface area contributed by atoms with Crippen LogP contribution in [0.1, 0.15) is 27.3 Å². The van der Waals surface area contributed by atoms with Crippen LogP contribution in [-0.4, -0.2) is 37.0 Å². The molecule has 7 heteroatoms. The molecule has 0 saturated carbocycles. The standard InChI is InChI=1S/C22H25N3O4/c1-13-7-9-17(10-8-13)25-15(3)20(14(2)24-25)23-22(26)16-11-18(27-4)21(29-6)19(12-16)28-5/h7-12H,1-6H3,(H,23,26). The van der Waals surface area contributed by atoms with E-state index in [0.717, 1.165) is 17.1 Å².